The molecule has 1 saturated heterocycles. The standard InChI is InChI=1S/C33H31FN2O3/c1-18-10-15-25-22(16-18)19(2)17-26-33(23-8-6-7-9-24(23)35-31(33)39)27(28(36(25)26)30(38)32(3,4)5)29(37)20-11-13-21(34)14-12-20/h6-17,26-28H,1-5H3,(H,35,39)/t26-,27+,28+,33-/m1/s1. The van der Waals surface area contributed by atoms with Crippen LogP contribution < -0.4 is 10.2 Å². The van der Waals surface area contributed by atoms with Crippen LogP contribution >= 0.6 is 0 Å². The van der Waals surface area contributed by atoms with Gasteiger partial charge in [0.2, 0.25) is 5.91 Å². The molecule has 3 aliphatic rings. The fourth-order valence-electron chi connectivity index (χ4n) is 6.78. The number of nitrogens with zero attached hydrogens (tertiary/aromatic N) is 1. The first-order chi connectivity index (χ1) is 18.5. The first kappa shape index (κ1) is 25.2. The van der Waals surface area contributed by atoms with Crippen LogP contribution in [0.25, 0.3) is 5.57 Å². The first-order valence-corrected chi connectivity index (χ1v) is 13.3. The smallest absolute Gasteiger partial charge is 0.238 e. The lowest BCUT2D eigenvalue weighted by atomic mass is 9.63. The van der Waals surface area contributed by atoms with Gasteiger partial charge in [-0.2, -0.15) is 0 Å². The van der Waals surface area contributed by atoms with Crippen molar-refractivity contribution in [2.45, 2.75) is 52.1 Å². The third-order valence-corrected chi connectivity index (χ3v) is 8.55. The quantitative estimate of drug-likeness (QED) is 0.422. The Hall–Kier alpha value is -4.06. The van der Waals surface area contributed by atoms with Crippen LogP contribution in [0, 0.1) is 24.1 Å². The molecule has 1 amide bonds. The molecule has 3 heterocycles. The number of carbonyl (C=O) groups is 3. The molecule has 0 radical (unpaired) electrons. The van der Waals surface area contributed by atoms with Crippen molar-refractivity contribution in [3.63, 3.8) is 0 Å². The zero-order chi connectivity index (χ0) is 27.9. The summed E-state index contributed by atoms with van der Waals surface area (Å²) in [7, 11) is 0. The molecule has 198 valence electrons. The molecule has 0 bridgehead atoms. The SMILES string of the molecule is CC1=C[C@H]2N(c3ccc(C)cc31)[C@H](C(=O)C(C)(C)C)[C@@H](C(=O)c1ccc(F)cc1)[C@]21C(=O)Nc2ccccc21. The molecule has 0 saturated carbocycles. The maximum atomic E-state index is 14.6. The Balaban J connectivity index is 1.70. The number of benzene rings is 3. The topological polar surface area (TPSA) is 66.5 Å². The van der Waals surface area contributed by atoms with Crippen LogP contribution in [0.5, 0.6) is 0 Å². The molecule has 3 aromatic rings. The molecule has 3 aromatic carbocycles. The van der Waals surface area contributed by atoms with Gasteiger partial charge in [0.15, 0.2) is 11.6 Å². The van der Waals surface area contributed by atoms with E-state index in [2.05, 4.69) is 11.4 Å². The van der Waals surface area contributed by atoms with Gasteiger partial charge in [0, 0.05) is 27.9 Å². The normalized spacial score (nSPS) is 25.1. The summed E-state index contributed by atoms with van der Waals surface area (Å²) < 4.78 is 13.9. The van der Waals surface area contributed by atoms with E-state index < -0.39 is 34.6 Å². The van der Waals surface area contributed by atoms with E-state index in [1.807, 2.05) is 82.0 Å². The van der Waals surface area contributed by atoms with E-state index in [9.17, 15) is 18.8 Å². The Labute approximate surface area is 227 Å². The third-order valence-electron chi connectivity index (χ3n) is 8.55. The second-order valence-electron chi connectivity index (χ2n) is 12.0. The summed E-state index contributed by atoms with van der Waals surface area (Å²) in [6.07, 6.45) is 2.05. The summed E-state index contributed by atoms with van der Waals surface area (Å²) in [4.78, 5) is 45.4. The molecule has 6 heteroatoms. The van der Waals surface area contributed by atoms with Crippen LogP contribution in [-0.4, -0.2) is 29.6 Å². The number of amides is 1. The number of Topliss-reactive ketones (excluding diaryl/α,β-unsaturated/α-hetero) is 2. The number of allylic oxidation sites excluding steroid dienone is 1. The number of anilines is 2. The number of carbonyl (C=O) groups excluding carboxylic acids is 3. The summed E-state index contributed by atoms with van der Waals surface area (Å²) in [5.41, 5.74) is 3.34. The minimum atomic E-state index is -1.36. The number of aryl methyl sites for hydroxylation is 1. The molecule has 0 aromatic heterocycles. The van der Waals surface area contributed by atoms with Gasteiger partial charge in [0.25, 0.3) is 0 Å². The average molecular weight is 523 g/mol. The van der Waals surface area contributed by atoms with Gasteiger partial charge in [-0.05, 0) is 67.4 Å². The van der Waals surface area contributed by atoms with Crippen molar-refractivity contribution in [3.05, 3.63) is 101 Å². The molecule has 5 nitrogen and oxygen atoms in total. The summed E-state index contributed by atoms with van der Waals surface area (Å²) in [6.45, 7) is 9.57. The fourth-order valence-corrected chi connectivity index (χ4v) is 6.78. The Morgan fingerprint density at radius 3 is 2.36 bits per heavy atom. The van der Waals surface area contributed by atoms with Gasteiger partial charge < -0.3 is 10.2 Å². The Morgan fingerprint density at radius 2 is 1.67 bits per heavy atom. The van der Waals surface area contributed by atoms with Gasteiger partial charge >= 0.3 is 0 Å². The molecule has 1 fully saturated rings. The van der Waals surface area contributed by atoms with E-state index in [1.165, 1.54) is 24.3 Å². The van der Waals surface area contributed by atoms with Crippen molar-refractivity contribution in [3.8, 4) is 0 Å². The number of fused-ring (bicyclic) bond motifs is 6. The second kappa shape index (κ2) is 8.47. The minimum absolute atomic E-state index is 0.124. The van der Waals surface area contributed by atoms with Gasteiger partial charge in [-0.1, -0.05) is 56.7 Å². The molecule has 39 heavy (non-hydrogen) atoms. The van der Waals surface area contributed by atoms with Crippen LogP contribution in [0.2, 0.25) is 0 Å². The van der Waals surface area contributed by atoms with Crippen LogP contribution in [0.4, 0.5) is 15.8 Å². The lowest BCUT2D eigenvalue weighted by molar-refractivity contribution is -0.128. The third kappa shape index (κ3) is 3.47. The Morgan fingerprint density at radius 1 is 0.974 bits per heavy atom. The highest BCUT2D eigenvalue weighted by Gasteiger charge is 2.71. The highest BCUT2D eigenvalue weighted by molar-refractivity contribution is 6.17. The molecule has 0 unspecified atom stereocenters. The zero-order valence-corrected chi connectivity index (χ0v) is 22.7. The van der Waals surface area contributed by atoms with Gasteiger partial charge in [0.1, 0.15) is 17.3 Å². The maximum Gasteiger partial charge on any atom is 0.238 e. The van der Waals surface area contributed by atoms with Crippen molar-refractivity contribution in [2.75, 3.05) is 10.2 Å². The molecule has 1 N–H and O–H groups in total. The maximum absolute atomic E-state index is 14.6. The van der Waals surface area contributed by atoms with E-state index in [0.717, 1.165) is 22.4 Å². The molecule has 1 spiro atoms. The molecule has 4 atom stereocenters. The highest BCUT2D eigenvalue weighted by atomic mass is 19.1. The zero-order valence-electron chi connectivity index (χ0n) is 22.7. The number of halogens is 1. The van der Waals surface area contributed by atoms with Gasteiger partial charge in [-0.15, -0.1) is 0 Å². The molecular formula is C33H31FN2O3. The number of nitrogens with one attached hydrogen (secondary N) is 1. The van der Waals surface area contributed by atoms with Crippen molar-refractivity contribution in [1.29, 1.82) is 0 Å². The monoisotopic (exact) mass is 522 g/mol. The summed E-state index contributed by atoms with van der Waals surface area (Å²) in [6, 6.07) is 17.4. The molecule has 3 aliphatic heterocycles. The minimum Gasteiger partial charge on any atom is -0.352 e. The highest BCUT2D eigenvalue weighted by Crippen LogP contribution is 2.59. The predicted molar refractivity (Wildman–Crippen MR) is 150 cm³/mol. The second-order valence-corrected chi connectivity index (χ2v) is 12.0. The van der Waals surface area contributed by atoms with Crippen molar-refractivity contribution in [1.82, 2.24) is 0 Å². The largest absolute Gasteiger partial charge is 0.352 e. The van der Waals surface area contributed by atoms with E-state index >= 15 is 0 Å². The van der Waals surface area contributed by atoms with Crippen LogP contribution in [0.3, 0.4) is 0 Å². The van der Waals surface area contributed by atoms with E-state index in [4.69, 9.17) is 0 Å². The van der Waals surface area contributed by atoms with Gasteiger partial charge in [-0.3, -0.25) is 14.4 Å². The lowest BCUT2D eigenvalue weighted by Gasteiger charge is -2.40. The number of ketones is 2. The van der Waals surface area contributed by atoms with Gasteiger partial charge in [0.05, 0.1) is 12.0 Å². The van der Waals surface area contributed by atoms with Crippen molar-refractivity contribution >= 4 is 34.4 Å². The van der Waals surface area contributed by atoms with Crippen LogP contribution in [-0.2, 0) is 15.0 Å². The fraction of sp³-hybridized carbons (Fsp3) is 0.303. The van der Waals surface area contributed by atoms with Crippen LogP contribution in [0.15, 0.2) is 72.8 Å². The van der Waals surface area contributed by atoms with Gasteiger partial charge in [-0.25, -0.2) is 4.39 Å². The average Bonchev–Trinajstić information content (AvgIpc) is 3.35. The molecular weight excluding hydrogens is 491 g/mol. The number of para-hydroxylation sites is 1. The summed E-state index contributed by atoms with van der Waals surface area (Å²) >= 11 is 0. The van der Waals surface area contributed by atoms with E-state index in [0.29, 0.717) is 11.3 Å². The van der Waals surface area contributed by atoms with Crippen molar-refractivity contribution in [2.24, 2.45) is 11.3 Å². The number of hydrogen-bond acceptors (Lipinski definition) is 4. The van der Waals surface area contributed by atoms with E-state index in [1.54, 1.807) is 0 Å². The molecule has 6 rings (SSSR count). The number of hydrogen-bond donors (Lipinski definition) is 1. The Kier molecular flexibility index (Phi) is 5.48. The molecule has 0 aliphatic carbocycles. The lowest BCUT2D eigenvalue weighted by Crippen LogP contribution is -2.51. The Bertz CT molecular complexity index is 1580. The first-order valence-electron chi connectivity index (χ1n) is 13.3. The number of rotatable bonds is 3. The summed E-state index contributed by atoms with van der Waals surface area (Å²) in [5, 5.41) is 3.04. The van der Waals surface area contributed by atoms with E-state index in [-0.39, 0.29) is 23.0 Å². The van der Waals surface area contributed by atoms with Crippen molar-refractivity contribution < 1.29 is 18.8 Å². The van der Waals surface area contributed by atoms with Crippen LogP contribution in [0.1, 0.15) is 54.7 Å². The summed E-state index contributed by atoms with van der Waals surface area (Å²) in [5.74, 6) is -2.28. The predicted octanol–water partition coefficient (Wildman–Crippen LogP) is 6.11.